The first-order valence-electron chi connectivity index (χ1n) is 6.25. The monoisotopic (exact) mass is 270 g/mol. The summed E-state index contributed by atoms with van der Waals surface area (Å²) in [6, 6.07) is 11.4. The van der Waals surface area contributed by atoms with Crippen molar-refractivity contribution in [2.75, 3.05) is 19.1 Å². The standard InChI is InChI=1S/C15H18N4O/c1-19(10-11-5-7-12(20-2)8-6-11)15-13(14(16)17)4-3-9-18-15/h3-9H,10H2,1-2H3,(H3,16,17). The minimum Gasteiger partial charge on any atom is -0.497 e. The fourth-order valence-electron chi connectivity index (χ4n) is 1.99. The van der Waals surface area contributed by atoms with Crippen molar-refractivity contribution in [2.45, 2.75) is 6.54 Å². The molecule has 20 heavy (non-hydrogen) atoms. The maximum atomic E-state index is 7.60. The summed E-state index contributed by atoms with van der Waals surface area (Å²) in [7, 11) is 3.58. The average Bonchev–Trinajstić information content (AvgIpc) is 2.48. The number of rotatable bonds is 5. The van der Waals surface area contributed by atoms with Gasteiger partial charge in [0, 0.05) is 19.8 Å². The van der Waals surface area contributed by atoms with Crippen LogP contribution in [0.15, 0.2) is 42.6 Å². The second kappa shape index (κ2) is 6.06. The summed E-state index contributed by atoms with van der Waals surface area (Å²) in [4.78, 5) is 6.28. The minimum absolute atomic E-state index is 0.0229. The van der Waals surface area contributed by atoms with Crippen molar-refractivity contribution < 1.29 is 4.74 Å². The SMILES string of the molecule is COc1ccc(CN(C)c2ncccc2C(=N)N)cc1. The van der Waals surface area contributed by atoms with Gasteiger partial charge in [-0.3, -0.25) is 5.41 Å². The molecule has 2 aromatic rings. The maximum Gasteiger partial charge on any atom is 0.139 e. The van der Waals surface area contributed by atoms with Gasteiger partial charge in [-0.15, -0.1) is 0 Å². The molecule has 0 spiro atoms. The Labute approximate surface area is 118 Å². The Balaban J connectivity index is 2.19. The number of amidine groups is 1. The predicted octanol–water partition coefficient (Wildman–Crippen LogP) is 2.01. The van der Waals surface area contributed by atoms with Gasteiger partial charge < -0.3 is 15.4 Å². The maximum absolute atomic E-state index is 7.60. The zero-order chi connectivity index (χ0) is 14.5. The first-order valence-corrected chi connectivity index (χ1v) is 6.25. The molecule has 0 bridgehead atoms. The van der Waals surface area contributed by atoms with Gasteiger partial charge in [-0.25, -0.2) is 4.98 Å². The van der Waals surface area contributed by atoms with Crippen LogP contribution in [0.2, 0.25) is 0 Å². The lowest BCUT2D eigenvalue weighted by molar-refractivity contribution is 0.414. The van der Waals surface area contributed by atoms with E-state index < -0.39 is 0 Å². The number of hydrogen-bond acceptors (Lipinski definition) is 4. The van der Waals surface area contributed by atoms with Crippen LogP contribution in [-0.4, -0.2) is 25.0 Å². The molecule has 0 aliphatic carbocycles. The van der Waals surface area contributed by atoms with Crippen LogP contribution < -0.4 is 15.4 Å². The lowest BCUT2D eigenvalue weighted by Gasteiger charge is -2.20. The molecule has 0 unspecified atom stereocenters. The van der Waals surface area contributed by atoms with E-state index in [4.69, 9.17) is 15.9 Å². The zero-order valence-electron chi connectivity index (χ0n) is 11.6. The number of nitrogen functional groups attached to an aromatic ring is 1. The highest BCUT2D eigenvalue weighted by Crippen LogP contribution is 2.19. The van der Waals surface area contributed by atoms with E-state index in [1.54, 1.807) is 25.4 Å². The summed E-state index contributed by atoms with van der Waals surface area (Å²) >= 11 is 0. The molecular weight excluding hydrogens is 252 g/mol. The predicted molar refractivity (Wildman–Crippen MR) is 80.4 cm³/mol. The summed E-state index contributed by atoms with van der Waals surface area (Å²) in [6.07, 6.45) is 1.70. The first-order chi connectivity index (χ1) is 9.61. The lowest BCUT2D eigenvalue weighted by atomic mass is 10.2. The van der Waals surface area contributed by atoms with E-state index in [0.717, 1.165) is 11.3 Å². The third-order valence-electron chi connectivity index (χ3n) is 3.02. The number of aromatic nitrogens is 1. The van der Waals surface area contributed by atoms with Crippen LogP contribution in [0.1, 0.15) is 11.1 Å². The van der Waals surface area contributed by atoms with E-state index in [1.807, 2.05) is 36.2 Å². The highest BCUT2D eigenvalue weighted by molar-refractivity contribution is 5.99. The van der Waals surface area contributed by atoms with E-state index in [-0.39, 0.29) is 5.84 Å². The largest absolute Gasteiger partial charge is 0.497 e. The molecule has 0 saturated carbocycles. The third-order valence-corrected chi connectivity index (χ3v) is 3.02. The molecule has 5 heteroatoms. The second-order valence-electron chi connectivity index (χ2n) is 4.49. The Morgan fingerprint density at radius 2 is 2.00 bits per heavy atom. The molecular formula is C15H18N4O. The normalized spacial score (nSPS) is 10.1. The number of methoxy groups -OCH3 is 1. The Hall–Kier alpha value is -2.56. The molecule has 0 fully saturated rings. The van der Waals surface area contributed by atoms with Gasteiger partial charge in [0.15, 0.2) is 0 Å². The molecule has 0 atom stereocenters. The van der Waals surface area contributed by atoms with E-state index in [0.29, 0.717) is 17.9 Å². The summed E-state index contributed by atoms with van der Waals surface area (Å²) < 4.78 is 5.14. The fourth-order valence-corrected chi connectivity index (χ4v) is 1.99. The van der Waals surface area contributed by atoms with Crippen molar-refractivity contribution in [2.24, 2.45) is 5.73 Å². The molecule has 3 N–H and O–H groups in total. The molecule has 1 aromatic heterocycles. The topological polar surface area (TPSA) is 75.2 Å². The summed E-state index contributed by atoms with van der Waals surface area (Å²) in [5.74, 6) is 1.56. The molecule has 0 aliphatic heterocycles. The molecule has 104 valence electrons. The van der Waals surface area contributed by atoms with Crippen LogP contribution in [0.25, 0.3) is 0 Å². The van der Waals surface area contributed by atoms with Gasteiger partial charge >= 0.3 is 0 Å². The van der Waals surface area contributed by atoms with E-state index >= 15 is 0 Å². The van der Waals surface area contributed by atoms with Gasteiger partial charge in [-0.1, -0.05) is 12.1 Å². The van der Waals surface area contributed by atoms with Gasteiger partial charge in [-0.05, 0) is 29.8 Å². The van der Waals surface area contributed by atoms with Gasteiger partial charge in [0.05, 0.1) is 12.7 Å². The number of pyridine rings is 1. The quantitative estimate of drug-likeness (QED) is 0.643. The van der Waals surface area contributed by atoms with Crippen molar-refractivity contribution >= 4 is 11.7 Å². The fraction of sp³-hybridized carbons (Fsp3) is 0.200. The number of anilines is 1. The highest BCUT2D eigenvalue weighted by Gasteiger charge is 2.11. The van der Waals surface area contributed by atoms with Crippen molar-refractivity contribution in [1.29, 1.82) is 5.41 Å². The van der Waals surface area contributed by atoms with E-state index in [9.17, 15) is 0 Å². The van der Waals surface area contributed by atoms with Gasteiger partial charge in [-0.2, -0.15) is 0 Å². The van der Waals surface area contributed by atoms with Gasteiger partial charge in [0.1, 0.15) is 17.4 Å². The van der Waals surface area contributed by atoms with Crippen molar-refractivity contribution in [3.63, 3.8) is 0 Å². The number of hydrogen-bond donors (Lipinski definition) is 2. The van der Waals surface area contributed by atoms with Crippen LogP contribution >= 0.6 is 0 Å². The molecule has 0 amide bonds. The smallest absolute Gasteiger partial charge is 0.139 e. The van der Waals surface area contributed by atoms with Gasteiger partial charge in [0.25, 0.3) is 0 Å². The molecule has 1 heterocycles. The summed E-state index contributed by atoms with van der Waals surface area (Å²) in [6.45, 7) is 0.682. The van der Waals surface area contributed by atoms with Crippen LogP contribution in [0.5, 0.6) is 5.75 Å². The third kappa shape index (κ3) is 3.06. The van der Waals surface area contributed by atoms with E-state index in [2.05, 4.69) is 4.98 Å². The second-order valence-corrected chi connectivity index (χ2v) is 4.49. The van der Waals surface area contributed by atoms with Crippen molar-refractivity contribution in [3.05, 3.63) is 53.7 Å². The number of nitrogens with one attached hydrogen (secondary N) is 1. The molecule has 0 radical (unpaired) electrons. The Morgan fingerprint density at radius 3 is 2.60 bits per heavy atom. The van der Waals surface area contributed by atoms with Crippen molar-refractivity contribution in [1.82, 2.24) is 4.98 Å². The number of benzene rings is 1. The minimum atomic E-state index is 0.0229. The van der Waals surface area contributed by atoms with Gasteiger partial charge in [0.2, 0.25) is 0 Å². The summed E-state index contributed by atoms with van der Waals surface area (Å²) in [5, 5.41) is 7.60. The van der Waals surface area contributed by atoms with Crippen LogP contribution in [0, 0.1) is 5.41 Å². The number of nitrogens with two attached hydrogens (primary N) is 1. The molecule has 0 aliphatic rings. The van der Waals surface area contributed by atoms with Crippen molar-refractivity contribution in [3.8, 4) is 5.75 Å². The molecule has 5 nitrogen and oxygen atoms in total. The first kappa shape index (κ1) is 13.9. The number of ether oxygens (including phenoxy) is 1. The van der Waals surface area contributed by atoms with Crippen LogP contribution in [0.4, 0.5) is 5.82 Å². The number of nitrogens with zero attached hydrogens (tertiary/aromatic N) is 2. The Bertz CT molecular complexity index is 595. The van der Waals surface area contributed by atoms with Crippen LogP contribution in [-0.2, 0) is 6.54 Å². The Kier molecular flexibility index (Phi) is 4.20. The average molecular weight is 270 g/mol. The van der Waals surface area contributed by atoms with Crippen LogP contribution in [0.3, 0.4) is 0 Å². The zero-order valence-corrected chi connectivity index (χ0v) is 11.6. The van der Waals surface area contributed by atoms with E-state index in [1.165, 1.54) is 0 Å². The Morgan fingerprint density at radius 1 is 1.30 bits per heavy atom. The summed E-state index contributed by atoms with van der Waals surface area (Å²) in [5.41, 5.74) is 7.36. The highest BCUT2D eigenvalue weighted by atomic mass is 16.5. The molecule has 0 saturated heterocycles. The lowest BCUT2D eigenvalue weighted by Crippen LogP contribution is -2.23. The molecule has 1 aromatic carbocycles. The molecule has 2 rings (SSSR count).